The number of carbonyl (C=O) groups is 8. The number of carbonyl (C=O) groups excluding carboxylic acids is 4. The van der Waals surface area contributed by atoms with E-state index in [4.69, 9.17) is 10.2 Å². The van der Waals surface area contributed by atoms with Crippen molar-refractivity contribution in [3.63, 3.8) is 0 Å². The van der Waals surface area contributed by atoms with Crippen LogP contribution in [-0.2, 0) is 28.8 Å². The maximum atomic E-state index is 14.4. The van der Waals surface area contributed by atoms with Crippen LogP contribution < -0.4 is 10.6 Å². The van der Waals surface area contributed by atoms with Crippen molar-refractivity contribution in [3.8, 4) is 0 Å². The summed E-state index contributed by atoms with van der Waals surface area (Å²) in [6, 6.07) is -5.09. The van der Waals surface area contributed by atoms with Crippen LogP contribution in [0.1, 0.15) is 128 Å². The van der Waals surface area contributed by atoms with E-state index in [-0.39, 0.29) is 50.4 Å². The van der Waals surface area contributed by atoms with Crippen LogP contribution in [0, 0.1) is 23.7 Å². The highest BCUT2D eigenvalue weighted by Crippen LogP contribution is 2.34. The lowest BCUT2D eigenvalue weighted by Gasteiger charge is -2.41. The van der Waals surface area contributed by atoms with Gasteiger partial charge in [0.25, 0.3) is 0 Å². The van der Waals surface area contributed by atoms with E-state index in [1.165, 1.54) is 0 Å². The van der Waals surface area contributed by atoms with Crippen molar-refractivity contribution in [2.24, 2.45) is 23.7 Å². The molecular weight excluding hydrogens is 680 g/mol. The number of rotatable bonds is 12. The second-order valence-corrected chi connectivity index (χ2v) is 15.1. The molecule has 4 atom stereocenters. The molecule has 4 fully saturated rings. The van der Waals surface area contributed by atoms with Gasteiger partial charge in [0.05, 0.1) is 23.9 Å². The molecule has 4 unspecified atom stereocenters. The van der Waals surface area contributed by atoms with E-state index in [9.17, 15) is 48.6 Å². The Morgan fingerprint density at radius 1 is 0.462 bits per heavy atom. The minimum absolute atomic E-state index is 0.0339. The molecule has 0 radical (unpaired) electrons. The van der Waals surface area contributed by atoms with Gasteiger partial charge in [-0.05, 0) is 102 Å². The largest absolute Gasteiger partial charge is 0.481 e. The Balaban J connectivity index is 1.58. The zero-order valence-corrected chi connectivity index (χ0v) is 29.7. The number of hydrogen-bond donors (Lipinski definition) is 6. The number of carboxylic acid groups (broad SMARTS) is 4. The monoisotopic (exact) mass is 734 g/mol. The van der Waals surface area contributed by atoms with Gasteiger partial charge < -0.3 is 31.1 Å². The molecule has 16 heteroatoms. The number of nitrogens with one attached hydrogen (secondary N) is 2. The van der Waals surface area contributed by atoms with Crippen molar-refractivity contribution in [1.82, 2.24) is 20.4 Å². The molecule has 6 amide bonds. The van der Waals surface area contributed by atoms with Crippen molar-refractivity contribution in [2.45, 2.75) is 153 Å². The normalized spacial score (nSPS) is 29.2. The van der Waals surface area contributed by atoms with Crippen LogP contribution in [0.3, 0.4) is 0 Å². The Bertz CT molecular complexity index is 1240. The third-order valence-corrected chi connectivity index (χ3v) is 11.7. The molecule has 0 bridgehead atoms. The number of nitrogens with zero attached hydrogens (tertiary/aromatic N) is 2. The fourth-order valence-corrected chi connectivity index (χ4v) is 8.74. The number of carboxylic acids is 4. The first-order valence-electron chi connectivity index (χ1n) is 18.9. The fraction of sp³-hybridized carbons (Fsp3) is 0.778. The average Bonchev–Trinajstić information content (AvgIpc) is 3.11. The van der Waals surface area contributed by atoms with Crippen molar-refractivity contribution < 1.29 is 58.8 Å². The van der Waals surface area contributed by atoms with Crippen molar-refractivity contribution in [3.05, 3.63) is 0 Å². The fourth-order valence-electron chi connectivity index (χ4n) is 8.74. The lowest BCUT2D eigenvalue weighted by atomic mass is 9.82. The molecule has 0 saturated heterocycles. The zero-order chi connectivity index (χ0) is 37.9. The highest BCUT2D eigenvalue weighted by molar-refractivity contribution is 6.40. The van der Waals surface area contributed by atoms with E-state index in [0.29, 0.717) is 99.7 Å². The number of aliphatic carboxylic acids is 4. The number of amides is 6. The maximum absolute atomic E-state index is 14.4. The Morgan fingerprint density at radius 2 is 0.788 bits per heavy atom. The molecule has 4 saturated carbocycles. The van der Waals surface area contributed by atoms with Gasteiger partial charge in [-0.2, -0.15) is 0 Å². The van der Waals surface area contributed by atoms with Gasteiger partial charge in [0.1, 0.15) is 0 Å². The number of urea groups is 2. The Labute approximate surface area is 303 Å². The van der Waals surface area contributed by atoms with E-state index in [2.05, 4.69) is 10.6 Å². The molecule has 4 rings (SSSR count). The Kier molecular flexibility index (Phi) is 14.8. The molecule has 4 aliphatic carbocycles. The first kappa shape index (κ1) is 40.5. The van der Waals surface area contributed by atoms with Gasteiger partial charge in [0, 0.05) is 24.9 Å². The summed E-state index contributed by atoms with van der Waals surface area (Å²) in [7, 11) is 0. The summed E-state index contributed by atoms with van der Waals surface area (Å²) >= 11 is 0. The summed E-state index contributed by atoms with van der Waals surface area (Å²) in [5, 5.41) is 43.9. The first-order valence-corrected chi connectivity index (χ1v) is 18.9. The van der Waals surface area contributed by atoms with E-state index in [0.717, 1.165) is 0 Å². The highest BCUT2D eigenvalue weighted by atomic mass is 16.4. The molecule has 6 N–H and O–H groups in total. The third kappa shape index (κ3) is 10.9. The zero-order valence-electron chi connectivity index (χ0n) is 29.7. The lowest BCUT2D eigenvalue weighted by molar-refractivity contribution is -0.157. The van der Waals surface area contributed by atoms with Gasteiger partial charge >= 0.3 is 47.8 Å². The van der Waals surface area contributed by atoms with Crippen LogP contribution in [0.4, 0.5) is 9.59 Å². The van der Waals surface area contributed by atoms with Crippen molar-refractivity contribution in [2.75, 3.05) is 0 Å². The molecule has 0 aromatic rings. The van der Waals surface area contributed by atoms with Crippen LogP contribution in [-0.4, -0.2) is 102 Å². The van der Waals surface area contributed by atoms with Crippen LogP contribution in [0.5, 0.6) is 0 Å². The van der Waals surface area contributed by atoms with Gasteiger partial charge in [-0.15, -0.1) is 0 Å². The first-order chi connectivity index (χ1) is 24.8. The van der Waals surface area contributed by atoms with Crippen LogP contribution >= 0.6 is 0 Å². The molecule has 0 spiro atoms. The molecule has 290 valence electrons. The van der Waals surface area contributed by atoms with Crippen LogP contribution in [0.25, 0.3) is 0 Å². The minimum Gasteiger partial charge on any atom is -0.481 e. The summed E-state index contributed by atoms with van der Waals surface area (Å²) in [5.41, 5.74) is 0. The van der Waals surface area contributed by atoms with Crippen molar-refractivity contribution >= 4 is 47.8 Å². The Hall–Kier alpha value is -4.24. The van der Waals surface area contributed by atoms with Crippen LogP contribution in [0.2, 0.25) is 0 Å². The standard InChI is InChI=1S/C36H54N4O12/c41-29(42)19-13-21-9-15-23(16-10-21)37-35(51)39(27-7-3-1-5-25(27)33(47)48)31(45)32(46)40(28-8-4-2-6-26(28)34(49)50)36(52)38-24-17-11-22(12-18-24)14-20-30(43)44/h21-28H,1-20H2,(H,37,51)(H,38,52)(H,41,42)(H,43,44)(H,47,48)(H,49,50). The van der Waals surface area contributed by atoms with Gasteiger partial charge in [0.15, 0.2) is 0 Å². The summed E-state index contributed by atoms with van der Waals surface area (Å²) in [6.07, 6.45) is 8.28. The molecule has 0 aromatic heterocycles. The summed E-state index contributed by atoms with van der Waals surface area (Å²) < 4.78 is 0. The molecule has 0 aliphatic heterocycles. The summed E-state index contributed by atoms with van der Waals surface area (Å²) in [6.45, 7) is 0. The second kappa shape index (κ2) is 19.0. The molecule has 16 nitrogen and oxygen atoms in total. The predicted octanol–water partition coefficient (Wildman–Crippen LogP) is 4.20. The van der Waals surface area contributed by atoms with Crippen molar-refractivity contribution in [1.29, 1.82) is 0 Å². The molecule has 0 heterocycles. The molecule has 4 aliphatic rings. The smallest absolute Gasteiger partial charge is 0.325 e. The quantitative estimate of drug-likeness (QED) is 0.155. The highest BCUT2D eigenvalue weighted by Gasteiger charge is 2.48. The van der Waals surface area contributed by atoms with Gasteiger partial charge in [-0.25, -0.2) is 9.59 Å². The lowest BCUT2D eigenvalue weighted by Crippen LogP contribution is -2.63. The summed E-state index contributed by atoms with van der Waals surface area (Å²) in [4.78, 5) is 105. The van der Waals surface area contributed by atoms with Gasteiger partial charge in [-0.3, -0.25) is 38.6 Å². The molecule has 0 aromatic carbocycles. The SMILES string of the molecule is O=C(O)CCC1CCC(NC(=O)N(C(=O)C(=O)N(C(=O)NC2CCC(CCC(=O)O)CC2)C2CCCCC2C(=O)O)C2CCCCC2C(=O)O)CC1. The Morgan fingerprint density at radius 3 is 1.10 bits per heavy atom. The van der Waals surface area contributed by atoms with Crippen LogP contribution in [0.15, 0.2) is 0 Å². The average molecular weight is 735 g/mol. The van der Waals surface area contributed by atoms with E-state index < -0.39 is 83.8 Å². The molecular formula is C36H54N4O12. The molecule has 52 heavy (non-hydrogen) atoms. The number of imide groups is 2. The minimum atomic E-state index is -1.40. The number of hydrogen-bond acceptors (Lipinski definition) is 8. The predicted molar refractivity (Wildman–Crippen MR) is 183 cm³/mol. The van der Waals surface area contributed by atoms with Gasteiger partial charge in [-0.1, -0.05) is 25.7 Å². The second-order valence-electron chi connectivity index (χ2n) is 15.1. The summed E-state index contributed by atoms with van der Waals surface area (Å²) in [5.74, 6) is -9.01. The maximum Gasteiger partial charge on any atom is 0.325 e. The third-order valence-electron chi connectivity index (χ3n) is 11.7. The van der Waals surface area contributed by atoms with E-state index in [1.807, 2.05) is 0 Å². The van der Waals surface area contributed by atoms with Gasteiger partial charge in [0.2, 0.25) is 0 Å². The van der Waals surface area contributed by atoms with E-state index in [1.54, 1.807) is 0 Å². The topological polar surface area (TPSA) is 248 Å². The van der Waals surface area contributed by atoms with E-state index >= 15 is 0 Å².